The summed E-state index contributed by atoms with van der Waals surface area (Å²) >= 11 is 5.01. The molecular formula is C4H5BrNS+. The summed E-state index contributed by atoms with van der Waals surface area (Å²) in [6, 6.07) is 0. The quantitative estimate of drug-likeness (QED) is 0.529. The molecule has 0 aliphatic rings. The van der Waals surface area contributed by atoms with E-state index in [1.54, 1.807) is 11.3 Å². The molecule has 0 aromatic carbocycles. The van der Waals surface area contributed by atoms with E-state index in [1.165, 1.54) is 3.79 Å². The van der Waals surface area contributed by atoms with Gasteiger partial charge in [0, 0.05) is 0 Å². The van der Waals surface area contributed by atoms with Crippen LogP contribution in [0.15, 0.2) is 15.5 Å². The predicted molar refractivity (Wildman–Crippen MR) is 33.2 cm³/mol. The fourth-order valence-electron chi connectivity index (χ4n) is 0.354. The molecule has 1 aromatic heterocycles. The highest BCUT2D eigenvalue weighted by Gasteiger charge is 1.93. The maximum absolute atomic E-state index is 3.33. The van der Waals surface area contributed by atoms with Crippen molar-refractivity contribution in [2.24, 2.45) is 7.05 Å². The van der Waals surface area contributed by atoms with Gasteiger partial charge in [0.2, 0.25) is 5.51 Å². The molecule has 0 fully saturated rings. The van der Waals surface area contributed by atoms with E-state index in [0.717, 1.165) is 0 Å². The van der Waals surface area contributed by atoms with E-state index in [-0.39, 0.29) is 0 Å². The number of thiazole rings is 1. The topological polar surface area (TPSA) is 3.88 Å². The molecule has 1 aromatic rings. The Morgan fingerprint density at radius 2 is 2.57 bits per heavy atom. The first-order valence-corrected chi connectivity index (χ1v) is 3.55. The molecule has 0 amide bonds. The Morgan fingerprint density at radius 1 is 1.86 bits per heavy atom. The van der Waals surface area contributed by atoms with Crippen LogP contribution in [0.1, 0.15) is 0 Å². The van der Waals surface area contributed by atoms with Crippen LogP contribution in [0.5, 0.6) is 0 Å². The lowest BCUT2D eigenvalue weighted by molar-refractivity contribution is -0.666. The van der Waals surface area contributed by atoms with E-state index in [1.807, 2.05) is 23.3 Å². The van der Waals surface area contributed by atoms with E-state index in [9.17, 15) is 0 Å². The zero-order valence-electron chi connectivity index (χ0n) is 3.89. The Labute approximate surface area is 54.7 Å². The predicted octanol–water partition coefficient (Wildman–Crippen LogP) is 1.34. The maximum Gasteiger partial charge on any atom is 0.225 e. The van der Waals surface area contributed by atoms with Crippen LogP contribution in [0.3, 0.4) is 0 Å². The van der Waals surface area contributed by atoms with Crippen LogP contribution in [-0.2, 0) is 7.05 Å². The van der Waals surface area contributed by atoms with Crippen LogP contribution in [0.4, 0.5) is 0 Å². The smallest absolute Gasteiger partial charge is 0.197 e. The van der Waals surface area contributed by atoms with Crippen LogP contribution >= 0.6 is 27.3 Å². The summed E-state index contributed by atoms with van der Waals surface area (Å²) in [6.45, 7) is 0. The lowest BCUT2D eigenvalue weighted by Crippen LogP contribution is -2.22. The summed E-state index contributed by atoms with van der Waals surface area (Å²) in [5.41, 5.74) is 2.03. The Hall–Kier alpha value is 0.110. The van der Waals surface area contributed by atoms with E-state index >= 15 is 0 Å². The van der Waals surface area contributed by atoms with Crippen molar-refractivity contribution in [3.63, 3.8) is 0 Å². The molecule has 1 rings (SSSR count). The molecule has 1 nitrogen and oxygen atoms in total. The van der Waals surface area contributed by atoms with Gasteiger partial charge in [-0.25, -0.2) is 0 Å². The number of hydrogen-bond acceptors (Lipinski definition) is 1. The summed E-state index contributed by atoms with van der Waals surface area (Å²) < 4.78 is 3.18. The Kier molecular flexibility index (Phi) is 1.44. The molecule has 0 saturated heterocycles. The zero-order valence-corrected chi connectivity index (χ0v) is 6.29. The molecule has 3 heteroatoms. The Morgan fingerprint density at radius 3 is 2.71 bits per heavy atom. The Balaban J connectivity index is 3.04. The van der Waals surface area contributed by atoms with Gasteiger partial charge >= 0.3 is 0 Å². The van der Waals surface area contributed by atoms with Crippen molar-refractivity contribution >= 4 is 27.3 Å². The van der Waals surface area contributed by atoms with Crippen LogP contribution in [-0.4, -0.2) is 0 Å². The van der Waals surface area contributed by atoms with E-state index in [4.69, 9.17) is 0 Å². The van der Waals surface area contributed by atoms with Crippen molar-refractivity contribution in [3.05, 3.63) is 15.5 Å². The van der Waals surface area contributed by atoms with Gasteiger partial charge in [0.15, 0.2) is 6.20 Å². The monoisotopic (exact) mass is 178 g/mol. The molecule has 0 saturated carbocycles. The third-order valence-electron chi connectivity index (χ3n) is 0.637. The molecule has 0 unspecified atom stereocenters. The first-order valence-electron chi connectivity index (χ1n) is 1.88. The fourth-order valence-corrected chi connectivity index (χ4v) is 1.48. The highest BCUT2D eigenvalue weighted by atomic mass is 79.9. The molecule has 0 aliphatic carbocycles. The number of rotatable bonds is 0. The third kappa shape index (κ3) is 1.24. The lowest BCUT2D eigenvalue weighted by atomic mass is 10.9. The highest BCUT2D eigenvalue weighted by molar-refractivity contribution is 9.11. The summed E-state index contributed by atoms with van der Waals surface area (Å²) in [5, 5.41) is 0. The van der Waals surface area contributed by atoms with Crippen molar-refractivity contribution in [2.45, 2.75) is 0 Å². The fraction of sp³-hybridized carbons (Fsp3) is 0.250. The number of hydrogen-bond donors (Lipinski definition) is 0. The van der Waals surface area contributed by atoms with Crippen molar-refractivity contribution in [1.82, 2.24) is 0 Å². The summed E-state index contributed by atoms with van der Waals surface area (Å²) in [6.07, 6.45) is 2.02. The summed E-state index contributed by atoms with van der Waals surface area (Å²) in [5.74, 6) is 0. The van der Waals surface area contributed by atoms with Crippen LogP contribution in [0.25, 0.3) is 0 Å². The minimum absolute atomic E-state index is 1.18. The van der Waals surface area contributed by atoms with Gasteiger partial charge in [-0.15, -0.1) is 0 Å². The Bertz CT molecular complexity index is 144. The van der Waals surface area contributed by atoms with Gasteiger partial charge in [-0.1, -0.05) is 11.3 Å². The van der Waals surface area contributed by atoms with Gasteiger partial charge in [-0.3, -0.25) is 0 Å². The molecule has 0 radical (unpaired) electrons. The molecule has 38 valence electrons. The van der Waals surface area contributed by atoms with Gasteiger partial charge in [0.25, 0.3) is 0 Å². The molecule has 0 bridgehead atoms. The second-order valence-electron chi connectivity index (χ2n) is 1.32. The SMILES string of the molecule is C[n+]1csc(Br)c1. The highest BCUT2D eigenvalue weighted by Crippen LogP contribution is 2.10. The van der Waals surface area contributed by atoms with Gasteiger partial charge in [0.05, 0.1) is 0 Å². The minimum Gasteiger partial charge on any atom is -0.197 e. The largest absolute Gasteiger partial charge is 0.225 e. The maximum atomic E-state index is 3.33. The zero-order chi connectivity index (χ0) is 5.28. The summed E-state index contributed by atoms with van der Waals surface area (Å²) in [4.78, 5) is 0. The van der Waals surface area contributed by atoms with Crippen molar-refractivity contribution in [2.75, 3.05) is 0 Å². The average Bonchev–Trinajstić information content (AvgIpc) is 1.87. The first-order chi connectivity index (χ1) is 3.29. The third-order valence-corrected chi connectivity index (χ3v) is 2.17. The van der Waals surface area contributed by atoms with Crippen molar-refractivity contribution < 1.29 is 4.57 Å². The average molecular weight is 179 g/mol. The molecule has 0 spiro atoms. The molecule has 7 heavy (non-hydrogen) atoms. The number of aromatic nitrogens is 1. The lowest BCUT2D eigenvalue weighted by Gasteiger charge is -1.64. The number of nitrogens with zero attached hydrogens (tertiary/aromatic N) is 1. The molecule has 0 atom stereocenters. The second kappa shape index (κ2) is 1.92. The van der Waals surface area contributed by atoms with Crippen LogP contribution in [0, 0.1) is 0 Å². The van der Waals surface area contributed by atoms with Gasteiger partial charge in [-0.05, 0) is 15.9 Å². The van der Waals surface area contributed by atoms with Gasteiger partial charge in [-0.2, -0.15) is 4.57 Å². The van der Waals surface area contributed by atoms with Crippen LogP contribution in [0.2, 0.25) is 0 Å². The molecule has 0 N–H and O–H groups in total. The van der Waals surface area contributed by atoms with E-state index < -0.39 is 0 Å². The van der Waals surface area contributed by atoms with Gasteiger partial charge in [0.1, 0.15) is 10.8 Å². The van der Waals surface area contributed by atoms with Gasteiger partial charge < -0.3 is 0 Å². The van der Waals surface area contributed by atoms with E-state index in [2.05, 4.69) is 15.9 Å². The summed E-state index contributed by atoms with van der Waals surface area (Å²) in [7, 11) is 2.00. The number of aryl methyl sites for hydroxylation is 1. The molecular weight excluding hydrogens is 174 g/mol. The normalized spacial score (nSPS) is 9.43. The van der Waals surface area contributed by atoms with E-state index in [0.29, 0.717) is 0 Å². The first kappa shape index (κ1) is 5.25. The second-order valence-corrected chi connectivity index (χ2v) is 3.59. The number of halogens is 1. The van der Waals surface area contributed by atoms with Crippen molar-refractivity contribution in [3.8, 4) is 0 Å². The van der Waals surface area contributed by atoms with Crippen LogP contribution < -0.4 is 4.57 Å². The minimum atomic E-state index is 1.18. The standard InChI is InChI=1S/C4H5BrNS/c1-6-2-4(5)7-3-6/h2-3H,1H3/q+1. The molecule has 1 heterocycles. The van der Waals surface area contributed by atoms with Crippen molar-refractivity contribution in [1.29, 1.82) is 0 Å². The molecule has 0 aliphatic heterocycles.